The van der Waals surface area contributed by atoms with Crippen LogP contribution in [0.3, 0.4) is 0 Å². The Labute approximate surface area is 205 Å². The monoisotopic (exact) mass is 517 g/mol. The third-order valence-corrected chi connectivity index (χ3v) is 5.94. The smallest absolute Gasteiger partial charge is 0.416 e. The van der Waals surface area contributed by atoms with Crippen molar-refractivity contribution in [1.82, 2.24) is 0 Å². The molecule has 1 aliphatic heterocycles. The molecule has 1 amide bonds. The molecule has 0 unspecified atom stereocenters. The van der Waals surface area contributed by atoms with E-state index in [1.807, 2.05) is 0 Å². The zero-order chi connectivity index (χ0) is 26.0. The Morgan fingerprint density at radius 2 is 1.81 bits per heavy atom. The lowest BCUT2D eigenvalue weighted by atomic mass is 10.1. The van der Waals surface area contributed by atoms with Gasteiger partial charge in [-0.15, -0.1) is 0 Å². The first-order valence-electron chi connectivity index (χ1n) is 10.2. The Kier molecular flexibility index (Phi) is 6.80. The van der Waals surface area contributed by atoms with Crippen LogP contribution in [-0.4, -0.2) is 16.0 Å². The molecule has 36 heavy (non-hydrogen) atoms. The lowest BCUT2D eigenvalue weighted by Crippen LogP contribution is -2.28. The van der Waals surface area contributed by atoms with E-state index in [0.29, 0.717) is 17.3 Å². The fourth-order valence-corrected chi connectivity index (χ4v) is 4.17. The molecule has 3 aromatic carbocycles. The number of thioether (sulfide) groups is 1. The summed E-state index contributed by atoms with van der Waals surface area (Å²) in [6.07, 6.45) is -3.35. The molecule has 0 aliphatic carbocycles. The molecule has 1 heterocycles. The zero-order valence-electron chi connectivity index (χ0n) is 18.1. The summed E-state index contributed by atoms with van der Waals surface area (Å²) in [6.45, 7) is 0.00152. The van der Waals surface area contributed by atoms with E-state index in [1.54, 1.807) is 0 Å². The van der Waals surface area contributed by atoms with Crippen LogP contribution in [0.25, 0.3) is 6.08 Å². The average Bonchev–Trinajstić information content (AvgIpc) is 3.11. The lowest BCUT2D eigenvalue weighted by Gasteiger charge is -2.16. The maximum atomic E-state index is 13.1. The number of nitro benzene ring substituents is 1. The molecule has 1 N–H and O–H groups in total. The number of carbonyl (C=O) groups excluding carboxylic acids is 1. The largest absolute Gasteiger partial charge is 0.488 e. The third kappa shape index (κ3) is 5.38. The van der Waals surface area contributed by atoms with Gasteiger partial charge in [-0.3, -0.25) is 25.2 Å². The van der Waals surface area contributed by atoms with E-state index >= 15 is 0 Å². The minimum absolute atomic E-state index is 0.00152. The highest BCUT2D eigenvalue weighted by atomic mass is 32.2. The van der Waals surface area contributed by atoms with E-state index in [2.05, 4.69) is 0 Å². The summed E-state index contributed by atoms with van der Waals surface area (Å²) >= 11 is 0.696. The van der Waals surface area contributed by atoms with Gasteiger partial charge in [0.25, 0.3) is 11.6 Å². The maximum absolute atomic E-state index is 13.1. The number of nitrogens with zero attached hydrogens (tertiary/aromatic N) is 2. The van der Waals surface area contributed by atoms with Crippen LogP contribution >= 0.6 is 11.8 Å². The summed E-state index contributed by atoms with van der Waals surface area (Å²) in [6, 6.07) is 13.3. The maximum Gasteiger partial charge on any atom is 0.416 e. The van der Waals surface area contributed by atoms with Gasteiger partial charge in [0.1, 0.15) is 18.2 Å². The van der Waals surface area contributed by atoms with Crippen molar-refractivity contribution in [3.63, 3.8) is 0 Å². The SMILES string of the molecule is N=C1S/C(=C\c2cc([N+](=O)[O-])ccc2OCc2ccc(F)cc2)C(=O)N1c1cccc(C(F)(F)F)c1. The summed E-state index contributed by atoms with van der Waals surface area (Å²) < 4.78 is 58.2. The molecular formula is C24H15F4N3O4S. The summed E-state index contributed by atoms with van der Waals surface area (Å²) in [4.78, 5) is 24.5. The quantitative estimate of drug-likeness (QED) is 0.177. The standard InChI is InChI=1S/C24H15F4N3O4S/c25-17-6-4-14(5-7-17)13-35-20-9-8-19(31(33)34)10-15(20)11-21-22(32)30(23(29)36-21)18-3-1-2-16(12-18)24(26,27)28/h1-12,29H,13H2/b21-11-,29-23?. The number of hydrogen-bond donors (Lipinski definition) is 1. The predicted octanol–water partition coefficient (Wildman–Crippen LogP) is 6.39. The summed E-state index contributed by atoms with van der Waals surface area (Å²) in [5, 5.41) is 19.1. The predicted molar refractivity (Wildman–Crippen MR) is 126 cm³/mol. The number of hydrogen-bond acceptors (Lipinski definition) is 6. The molecule has 1 saturated heterocycles. The fraction of sp³-hybridized carbons (Fsp3) is 0.0833. The second-order valence-corrected chi connectivity index (χ2v) is 8.53. The molecule has 0 bridgehead atoms. The molecule has 0 spiro atoms. The zero-order valence-corrected chi connectivity index (χ0v) is 18.9. The van der Waals surface area contributed by atoms with Crippen LogP contribution in [0.5, 0.6) is 5.75 Å². The van der Waals surface area contributed by atoms with Gasteiger partial charge < -0.3 is 4.74 Å². The number of halogens is 4. The van der Waals surface area contributed by atoms with E-state index in [9.17, 15) is 32.5 Å². The van der Waals surface area contributed by atoms with Crippen molar-refractivity contribution in [3.05, 3.63) is 104 Å². The van der Waals surface area contributed by atoms with Crippen LogP contribution < -0.4 is 9.64 Å². The highest BCUT2D eigenvalue weighted by molar-refractivity contribution is 8.19. The second kappa shape index (κ2) is 9.82. The van der Waals surface area contributed by atoms with E-state index in [0.717, 1.165) is 23.1 Å². The number of non-ortho nitro benzene ring substituents is 1. The van der Waals surface area contributed by atoms with Crippen molar-refractivity contribution in [2.24, 2.45) is 0 Å². The normalized spacial score (nSPS) is 15.0. The number of ether oxygens (including phenoxy) is 1. The van der Waals surface area contributed by atoms with Crippen LogP contribution in [-0.2, 0) is 17.6 Å². The molecule has 7 nitrogen and oxygen atoms in total. The Bertz CT molecular complexity index is 1390. The molecule has 4 rings (SSSR count). The van der Waals surface area contributed by atoms with Gasteiger partial charge >= 0.3 is 6.18 Å². The molecule has 12 heteroatoms. The summed E-state index contributed by atoms with van der Waals surface area (Å²) in [5.74, 6) is -1.01. The molecule has 0 aromatic heterocycles. The van der Waals surface area contributed by atoms with Crippen molar-refractivity contribution in [2.45, 2.75) is 12.8 Å². The number of carbonyl (C=O) groups is 1. The van der Waals surface area contributed by atoms with E-state index < -0.39 is 28.4 Å². The number of amides is 1. The Morgan fingerprint density at radius 3 is 2.47 bits per heavy atom. The minimum Gasteiger partial charge on any atom is -0.488 e. The first-order chi connectivity index (χ1) is 17.0. The highest BCUT2D eigenvalue weighted by Crippen LogP contribution is 2.39. The Hall–Kier alpha value is -4.19. The number of nitrogens with one attached hydrogen (secondary N) is 1. The van der Waals surface area contributed by atoms with Gasteiger partial charge in [0.15, 0.2) is 5.17 Å². The van der Waals surface area contributed by atoms with Gasteiger partial charge in [0, 0.05) is 17.7 Å². The van der Waals surface area contributed by atoms with Gasteiger partial charge in [0.2, 0.25) is 0 Å². The van der Waals surface area contributed by atoms with Crippen molar-refractivity contribution < 1.29 is 32.0 Å². The van der Waals surface area contributed by atoms with E-state index in [-0.39, 0.29) is 39.4 Å². The highest BCUT2D eigenvalue weighted by Gasteiger charge is 2.36. The number of benzene rings is 3. The minimum atomic E-state index is -4.63. The molecular weight excluding hydrogens is 502 g/mol. The third-order valence-electron chi connectivity index (χ3n) is 5.05. The van der Waals surface area contributed by atoms with Crippen LogP contribution in [0, 0.1) is 21.3 Å². The van der Waals surface area contributed by atoms with Crippen LogP contribution in [0.2, 0.25) is 0 Å². The molecule has 1 fully saturated rings. The summed E-state index contributed by atoms with van der Waals surface area (Å²) in [7, 11) is 0. The van der Waals surface area contributed by atoms with Crippen molar-refractivity contribution in [1.29, 1.82) is 5.41 Å². The number of amidine groups is 1. The molecule has 3 aromatic rings. The molecule has 1 aliphatic rings. The van der Waals surface area contributed by atoms with Crippen LogP contribution in [0.15, 0.2) is 71.6 Å². The van der Waals surface area contributed by atoms with Crippen LogP contribution in [0.4, 0.5) is 28.9 Å². The molecule has 0 radical (unpaired) electrons. The van der Waals surface area contributed by atoms with Gasteiger partial charge in [-0.1, -0.05) is 18.2 Å². The molecule has 0 saturated carbocycles. The van der Waals surface area contributed by atoms with E-state index in [4.69, 9.17) is 10.1 Å². The van der Waals surface area contributed by atoms with Gasteiger partial charge in [-0.2, -0.15) is 13.2 Å². The topological polar surface area (TPSA) is 96.5 Å². The first kappa shape index (κ1) is 24.9. The number of anilines is 1. The Balaban J connectivity index is 1.66. The van der Waals surface area contributed by atoms with Crippen molar-refractivity contribution >= 4 is 40.3 Å². The Morgan fingerprint density at radius 1 is 1.08 bits per heavy atom. The fourth-order valence-electron chi connectivity index (χ4n) is 3.32. The molecule has 0 atom stereocenters. The van der Waals surface area contributed by atoms with Crippen molar-refractivity contribution in [3.8, 4) is 5.75 Å². The van der Waals surface area contributed by atoms with E-state index in [1.165, 1.54) is 54.6 Å². The lowest BCUT2D eigenvalue weighted by molar-refractivity contribution is -0.384. The second-order valence-electron chi connectivity index (χ2n) is 7.50. The van der Waals surface area contributed by atoms with Crippen molar-refractivity contribution in [2.75, 3.05) is 4.90 Å². The number of nitro groups is 1. The van der Waals surface area contributed by atoms with Gasteiger partial charge in [0.05, 0.1) is 21.1 Å². The average molecular weight is 517 g/mol. The summed E-state index contributed by atoms with van der Waals surface area (Å²) in [5.41, 5.74) is -0.616. The van der Waals surface area contributed by atoms with Gasteiger partial charge in [-0.05, 0) is 59.8 Å². The van der Waals surface area contributed by atoms with Gasteiger partial charge in [-0.25, -0.2) is 4.39 Å². The van der Waals surface area contributed by atoms with Crippen LogP contribution in [0.1, 0.15) is 16.7 Å². The number of rotatable bonds is 6. The molecule has 184 valence electrons. The number of alkyl halides is 3. The first-order valence-corrected chi connectivity index (χ1v) is 11.0.